The van der Waals surface area contributed by atoms with Crippen LogP contribution in [0.4, 0.5) is 0 Å². The van der Waals surface area contributed by atoms with E-state index in [1.165, 1.54) is 30.3 Å². The highest BCUT2D eigenvalue weighted by Gasteiger charge is 2.34. The molecule has 2 aliphatic rings. The molecule has 0 aliphatic carbocycles. The van der Waals surface area contributed by atoms with E-state index >= 15 is 0 Å². The van der Waals surface area contributed by atoms with Gasteiger partial charge in [0.1, 0.15) is 0 Å². The maximum absolute atomic E-state index is 14.0. The quantitative estimate of drug-likeness (QED) is 0.0702. The number of H-pyrrole nitrogens is 1. The molecule has 9 aromatic rings. The van der Waals surface area contributed by atoms with Crippen molar-refractivity contribution >= 4 is 59.6 Å². The van der Waals surface area contributed by atoms with E-state index in [9.17, 15) is 41.1 Å². The first-order valence-corrected chi connectivity index (χ1v) is 28.9. The third kappa shape index (κ3) is 11.1. The molecule has 3 aromatic heterocycles. The Balaban J connectivity index is 0.000000182. The molecule has 0 spiro atoms. The summed E-state index contributed by atoms with van der Waals surface area (Å²) in [6.07, 6.45) is 3.59. The average molecular weight is 1140 g/mol. The van der Waals surface area contributed by atoms with E-state index in [1.807, 2.05) is 62.9 Å². The van der Waals surface area contributed by atoms with Gasteiger partial charge in [0.2, 0.25) is 31.3 Å². The van der Waals surface area contributed by atoms with E-state index in [0.29, 0.717) is 74.8 Å². The lowest BCUT2D eigenvalue weighted by atomic mass is 9.90. The van der Waals surface area contributed by atoms with Crippen molar-refractivity contribution in [3.8, 4) is 34.5 Å². The first-order valence-electron chi connectivity index (χ1n) is 25.9. The van der Waals surface area contributed by atoms with E-state index in [-0.39, 0.29) is 46.7 Å². The Labute approximate surface area is 465 Å². The molecule has 2 amide bonds. The Morgan fingerprint density at radius 3 is 1.43 bits per heavy atom. The lowest BCUT2D eigenvalue weighted by Crippen LogP contribution is -2.35. The third-order valence-electron chi connectivity index (χ3n) is 14.2. The fourth-order valence-corrected chi connectivity index (χ4v) is 11.9. The second-order valence-electron chi connectivity index (χ2n) is 19.9. The molecule has 4 N–H and O–H groups in total. The summed E-state index contributed by atoms with van der Waals surface area (Å²) in [5, 5.41) is 17.0. The Kier molecular flexibility index (Phi) is 15.1. The molecule has 11 rings (SSSR count). The lowest BCUT2D eigenvalue weighted by molar-refractivity contribution is -0.120. The van der Waals surface area contributed by atoms with Crippen molar-refractivity contribution in [1.29, 1.82) is 0 Å². The van der Waals surface area contributed by atoms with E-state index < -0.39 is 55.4 Å². The number of hydrogen-bond acceptors (Lipinski definition) is 14. The zero-order chi connectivity index (χ0) is 57.5. The van der Waals surface area contributed by atoms with Gasteiger partial charge in [0, 0.05) is 52.9 Å². The molecule has 22 heteroatoms. The molecule has 2 atom stereocenters. The predicted octanol–water partition coefficient (Wildman–Crippen LogP) is 9.34. The number of carbonyl (C=O) groups is 3. The Bertz CT molecular complexity index is 4200. The lowest BCUT2D eigenvalue weighted by Gasteiger charge is -2.18. The minimum absolute atomic E-state index is 0.00851. The first-order chi connectivity index (χ1) is 38.7. The molecule has 0 radical (unpaired) electrons. The average Bonchev–Trinajstić information content (AvgIpc) is 4.36. The topological polar surface area (TPSA) is 269 Å². The van der Waals surface area contributed by atoms with Gasteiger partial charge in [-0.25, -0.2) is 41.0 Å². The number of nitrogens with one attached hydrogen (secondary N) is 3. The number of benzene rings is 6. The molecule has 0 fully saturated rings. The predicted molar refractivity (Wildman–Crippen MR) is 299 cm³/mol. The summed E-state index contributed by atoms with van der Waals surface area (Å²) in [6, 6.07) is 33.1. The minimum Gasteiger partial charge on any atom is -0.478 e. The summed E-state index contributed by atoms with van der Waals surface area (Å²) < 4.78 is 88.7. The van der Waals surface area contributed by atoms with E-state index in [4.69, 9.17) is 23.4 Å². The number of sulfonamides is 2. The van der Waals surface area contributed by atoms with Gasteiger partial charge in [-0.3, -0.25) is 9.59 Å². The Morgan fingerprint density at radius 2 is 1.01 bits per heavy atom. The number of fused-ring (bicyclic) bond motifs is 4. The van der Waals surface area contributed by atoms with Crippen molar-refractivity contribution in [2.45, 2.75) is 88.1 Å². The van der Waals surface area contributed by atoms with Crippen LogP contribution in [0.1, 0.15) is 109 Å². The monoisotopic (exact) mass is 1140 g/mol. The third-order valence-corrected chi connectivity index (χ3v) is 17.0. The number of carboxylic acid groups (broad SMARTS) is 1. The number of amides is 2. The normalized spacial score (nSPS) is 13.5. The number of aromatic nitrogens is 4. The number of carbonyl (C=O) groups excluding carboxylic acids is 2. The van der Waals surface area contributed by atoms with Crippen molar-refractivity contribution < 1.29 is 59.7 Å². The Hall–Kier alpha value is -9.15. The highest BCUT2D eigenvalue weighted by Crippen LogP contribution is 2.42. The van der Waals surface area contributed by atoms with Crippen LogP contribution in [-0.4, -0.2) is 72.6 Å². The summed E-state index contributed by atoms with van der Waals surface area (Å²) in [5.74, 6) is -2.71. The summed E-state index contributed by atoms with van der Waals surface area (Å²) in [4.78, 5) is 51.0. The number of aromatic carboxylic acids is 1. The van der Waals surface area contributed by atoms with Crippen LogP contribution in [0.15, 0.2) is 153 Å². The van der Waals surface area contributed by atoms with Gasteiger partial charge >= 0.3 is 11.7 Å². The van der Waals surface area contributed by atoms with Crippen molar-refractivity contribution in [2.75, 3.05) is 13.6 Å². The zero-order valence-electron chi connectivity index (χ0n) is 44.8. The van der Waals surface area contributed by atoms with Gasteiger partial charge in [0.05, 0.1) is 27.2 Å². The number of nitrogens with zero attached hydrogens (tertiary/aromatic N) is 3. The fourth-order valence-electron chi connectivity index (χ4n) is 9.94. The van der Waals surface area contributed by atoms with Gasteiger partial charge in [-0.05, 0) is 132 Å². The second-order valence-corrected chi connectivity index (χ2v) is 23.3. The molecule has 81 heavy (non-hydrogen) atoms. The fraction of sp³-hybridized carbons (Fsp3) is 0.237. The van der Waals surface area contributed by atoms with E-state index in [1.54, 1.807) is 91.1 Å². The van der Waals surface area contributed by atoms with Gasteiger partial charge in [0.15, 0.2) is 23.0 Å². The first kappa shape index (κ1) is 55.2. The van der Waals surface area contributed by atoms with Crippen molar-refractivity contribution in [2.24, 2.45) is 0 Å². The maximum Gasteiger partial charge on any atom is 0.434 e. The summed E-state index contributed by atoms with van der Waals surface area (Å²) >= 11 is 0. The minimum atomic E-state index is -4.18. The van der Waals surface area contributed by atoms with Crippen LogP contribution in [0.3, 0.4) is 0 Å². The van der Waals surface area contributed by atoms with Crippen molar-refractivity contribution in [3.05, 3.63) is 183 Å². The molecule has 0 saturated carbocycles. The number of aryl methyl sites for hydroxylation is 2. The second kappa shape index (κ2) is 22.2. The van der Waals surface area contributed by atoms with Crippen molar-refractivity contribution in [3.63, 3.8) is 0 Å². The van der Waals surface area contributed by atoms with Crippen LogP contribution in [0.25, 0.3) is 33.3 Å². The summed E-state index contributed by atoms with van der Waals surface area (Å²) in [6.45, 7) is 13.1. The smallest absolute Gasteiger partial charge is 0.434 e. The maximum atomic E-state index is 14.0. The van der Waals surface area contributed by atoms with Gasteiger partial charge in [-0.2, -0.15) is 0 Å². The molecule has 2 unspecified atom stereocenters. The summed E-state index contributed by atoms with van der Waals surface area (Å²) in [5.41, 5.74) is 6.16. The molecular weight excluding hydrogens is 1080 g/mol. The van der Waals surface area contributed by atoms with Crippen LogP contribution in [0, 0.1) is 0 Å². The van der Waals surface area contributed by atoms with E-state index in [0.717, 1.165) is 22.0 Å². The molecule has 5 heterocycles. The van der Waals surface area contributed by atoms with Crippen LogP contribution >= 0.6 is 0 Å². The number of ether oxygens (including phenoxy) is 4. The van der Waals surface area contributed by atoms with Gasteiger partial charge in [-0.1, -0.05) is 76.2 Å². The molecule has 0 bridgehead atoms. The largest absolute Gasteiger partial charge is 0.478 e. The van der Waals surface area contributed by atoms with Gasteiger partial charge < -0.3 is 37.6 Å². The Morgan fingerprint density at radius 1 is 0.580 bits per heavy atom. The van der Waals surface area contributed by atoms with Gasteiger partial charge in [0.25, 0.3) is 20.0 Å². The number of aromatic amines is 1. The summed E-state index contributed by atoms with van der Waals surface area (Å²) in [7, 11) is -8.37. The standard InChI is InChI=1S/C30H28N4O7S.C29H28N2O7S/c1-4-34-15-23(22-11-7-20(13-24(22)34)29-31-32-30(36)41-29)27(19-8-12-25-26(14-19)40-16-39-25)28(35)33-42(37,38)21-9-5-18(6-10-21)17(2)3;1-4-31-15-23(22-11-7-20(29(33)34)13-24(22)31)27(19-8-12-25-26(14-19)38-16-37-25)28(32)30-39(35,36)21-9-5-18(6-10-21)17(2)3/h5-15,17,27H,4,16H2,1-3H3,(H,32,36)(H,33,35);5-15,17,27H,4,16H2,1-3H3,(H,30,32)(H,33,34). The van der Waals surface area contributed by atoms with Crippen molar-refractivity contribution in [1.82, 2.24) is 28.8 Å². The van der Waals surface area contributed by atoms with Crippen LogP contribution in [-0.2, 0) is 42.7 Å². The molecule has 6 aromatic carbocycles. The van der Waals surface area contributed by atoms with Crippen LogP contribution < -0.4 is 34.1 Å². The van der Waals surface area contributed by atoms with Crippen LogP contribution in [0.5, 0.6) is 23.0 Å². The molecule has 418 valence electrons. The van der Waals surface area contributed by atoms with Crippen LogP contribution in [0.2, 0.25) is 0 Å². The number of rotatable bonds is 16. The van der Waals surface area contributed by atoms with Gasteiger partial charge in [-0.15, -0.1) is 5.10 Å². The molecule has 0 saturated heterocycles. The molecule has 2 aliphatic heterocycles. The highest BCUT2D eigenvalue weighted by atomic mass is 32.2. The molecule has 20 nitrogen and oxygen atoms in total. The molecular formula is C59H56N6O14S2. The number of hydrogen-bond donors (Lipinski definition) is 4. The SMILES string of the molecule is CCn1cc(C(C(=O)NS(=O)(=O)c2ccc(C(C)C)cc2)c2ccc3c(c2)OCO3)c2ccc(-c3n[nH]c(=O)o3)cc21.CCn1cc(C(C(=O)NS(=O)(=O)c2ccc(C(C)C)cc2)c2ccc3c(c2)OCO3)c2ccc(C(=O)O)cc21. The highest BCUT2D eigenvalue weighted by molar-refractivity contribution is 7.90. The van der Waals surface area contributed by atoms with E-state index in [2.05, 4.69) is 19.6 Å². The zero-order valence-corrected chi connectivity index (χ0v) is 46.4. The number of carboxylic acids is 1.